The van der Waals surface area contributed by atoms with E-state index in [0.29, 0.717) is 16.4 Å². The molecule has 4 N–H and O–H groups in total. The lowest BCUT2D eigenvalue weighted by molar-refractivity contribution is -0.115. The molecule has 0 unspecified atom stereocenters. The molecule has 0 radical (unpaired) electrons. The van der Waals surface area contributed by atoms with Crippen molar-refractivity contribution in [2.24, 2.45) is 0 Å². The summed E-state index contributed by atoms with van der Waals surface area (Å²) in [5.41, 5.74) is 8.27. The van der Waals surface area contributed by atoms with Gasteiger partial charge in [-0.2, -0.15) is 0 Å². The van der Waals surface area contributed by atoms with Gasteiger partial charge in [-0.25, -0.2) is 4.98 Å². The third kappa shape index (κ3) is 4.83. The van der Waals surface area contributed by atoms with Crippen LogP contribution in [0.4, 0.5) is 10.8 Å². The maximum atomic E-state index is 12.0. The maximum Gasteiger partial charge on any atom is 0.251 e. The highest BCUT2D eigenvalue weighted by atomic mass is 32.1. The second-order valence-electron chi connectivity index (χ2n) is 5.62. The van der Waals surface area contributed by atoms with Crippen molar-refractivity contribution in [3.63, 3.8) is 0 Å². The fraction of sp³-hybridized carbons (Fsp3) is 0.105. The number of hydrogen-bond acceptors (Lipinski definition) is 6. The van der Waals surface area contributed by atoms with E-state index >= 15 is 0 Å². The Bertz CT molecular complexity index is 936. The number of carbonyl (C=O) groups excluding carboxylic acids is 2. The molecule has 0 fully saturated rings. The molecule has 7 nitrogen and oxygen atoms in total. The second kappa shape index (κ2) is 8.33. The number of carbonyl (C=O) groups is 2. The van der Waals surface area contributed by atoms with E-state index in [1.807, 2.05) is 29.6 Å². The molecule has 0 saturated carbocycles. The van der Waals surface area contributed by atoms with Crippen LogP contribution in [-0.2, 0) is 4.79 Å². The molecule has 0 aliphatic rings. The summed E-state index contributed by atoms with van der Waals surface area (Å²) in [6.45, 7) is -0.152. The van der Waals surface area contributed by atoms with Crippen LogP contribution in [0.25, 0.3) is 11.3 Å². The van der Waals surface area contributed by atoms with Gasteiger partial charge in [-0.15, -0.1) is 11.3 Å². The fourth-order valence-corrected chi connectivity index (χ4v) is 3.02. The number of anilines is 2. The van der Waals surface area contributed by atoms with Crippen LogP contribution in [0.1, 0.15) is 10.4 Å². The van der Waals surface area contributed by atoms with Crippen molar-refractivity contribution >= 4 is 34.0 Å². The Labute approximate surface area is 160 Å². The summed E-state index contributed by atoms with van der Waals surface area (Å²) >= 11 is 1.31. The third-order valence-corrected chi connectivity index (χ3v) is 4.48. The molecule has 3 rings (SSSR count). The first-order chi connectivity index (χ1) is 13.0. The van der Waals surface area contributed by atoms with E-state index in [0.717, 1.165) is 17.0 Å². The van der Waals surface area contributed by atoms with Crippen molar-refractivity contribution in [3.8, 4) is 17.0 Å². The zero-order valence-corrected chi connectivity index (χ0v) is 15.4. The lowest BCUT2D eigenvalue weighted by Crippen LogP contribution is -2.32. The number of amides is 2. The van der Waals surface area contributed by atoms with Gasteiger partial charge >= 0.3 is 0 Å². The van der Waals surface area contributed by atoms with Crippen LogP contribution < -0.4 is 21.1 Å². The van der Waals surface area contributed by atoms with Gasteiger partial charge < -0.3 is 21.1 Å². The van der Waals surface area contributed by atoms with Crippen LogP contribution in [0, 0.1) is 0 Å². The standard InChI is InChI=1S/C19H18N4O3S/c1-26-15-8-4-12(5-9-15)16-11-27-19(22-16)23-17(24)10-21-18(25)13-2-6-14(20)7-3-13/h2-9,11H,10,20H2,1H3,(H,21,25)(H,22,23,24). The number of thiazole rings is 1. The summed E-state index contributed by atoms with van der Waals surface area (Å²) < 4.78 is 5.13. The first-order valence-electron chi connectivity index (χ1n) is 8.08. The predicted octanol–water partition coefficient (Wildman–Crippen LogP) is 2.77. The number of hydrogen-bond donors (Lipinski definition) is 3. The van der Waals surface area contributed by atoms with Crippen molar-refractivity contribution in [2.45, 2.75) is 0 Å². The lowest BCUT2D eigenvalue weighted by atomic mass is 10.2. The van der Waals surface area contributed by atoms with Gasteiger partial charge in [0.15, 0.2) is 5.13 Å². The zero-order valence-electron chi connectivity index (χ0n) is 14.6. The van der Waals surface area contributed by atoms with Gasteiger partial charge in [0.1, 0.15) is 5.75 Å². The van der Waals surface area contributed by atoms with E-state index in [1.54, 1.807) is 31.4 Å². The largest absolute Gasteiger partial charge is 0.497 e. The average Bonchev–Trinajstić information content (AvgIpc) is 3.15. The molecule has 138 valence electrons. The van der Waals surface area contributed by atoms with E-state index in [9.17, 15) is 9.59 Å². The van der Waals surface area contributed by atoms with Crippen molar-refractivity contribution in [3.05, 3.63) is 59.5 Å². The van der Waals surface area contributed by atoms with Gasteiger partial charge in [0.05, 0.1) is 19.3 Å². The Morgan fingerprint density at radius 3 is 2.48 bits per heavy atom. The molecule has 0 aliphatic heterocycles. The quantitative estimate of drug-likeness (QED) is 0.569. The van der Waals surface area contributed by atoms with Crippen molar-refractivity contribution in [1.29, 1.82) is 0 Å². The van der Waals surface area contributed by atoms with Crippen molar-refractivity contribution in [2.75, 3.05) is 24.7 Å². The Hall–Kier alpha value is -3.39. The van der Waals surface area contributed by atoms with Crippen molar-refractivity contribution in [1.82, 2.24) is 10.3 Å². The van der Waals surface area contributed by atoms with Gasteiger partial charge in [0.2, 0.25) is 5.91 Å². The van der Waals surface area contributed by atoms with Gasteiger partial charge in [-0.05, 0) is 48.5 Å². The van der Waals surface area contributed by atoms with E-state index in [4.69, 9.17) is 10.5 Å². The van der Waals surface area contributed by atoms with Crippen LogP contribution in [0.3, 0.4) is 0 Å². The van der Waals surface area contributed by atoms with E-state index in [2.05, 4.69) is 15.6 Å². The van der Waals surface area contributed by atoms with Gasteiger partial charge in [0.25, 0.3) is 5.91 Å². The van der Waals surface area contributed by atoms with Crippen LogP contribution in [0.15, 0.2) is 53.9 Å². The first-order valence-corrected chi connectivity index (χ1v) is 8.96. The first kappa shape index (κ1) is 18.4. The average molecular weight is 382 g/mol. The molecule has 0 spiro atoms. The molecule has 0 aliphatic carbocycles. The van der Waals surface area contributed by atoms with E-state index in [-0.39, 0.29) is 18.4 Å². The molecule has 2 amide bonds. The summed E-state index contributed by atoms with van der Waals surface area (Å²) in [6.07, 6.45) is 0. The van der Waals surface area contributed by atoms with Crippen molar-refractivity contribution < 1.29 is 14.3 Å². The smallest absolute Gasteiger partial charge is 0.251 e. The van der Waals surface area contributed by atoms with Gasteiger partial charge in [0, 0.05) is 22.2 Å². The Kier molecular flexibility index (Phi) is 5.68. The number of ether oxygens (including phenoxy) is 1. The number of nitrogen functional groups attached to an aromatic ring is 1. The normalized spacial score (nSPS) is 10.3. The minimum atomic E-state index is -0.352. The van der Waals surface area contributed by atoms with Crippen LogP contribution in [0.5, 0.6) is 5.75 Å². The second-order valence-corrected chi connectivity index (χ2v) is 6.48. The molecule has 0 bridgehead atoms. The molecule has 27 heavy (non-hydrogen) atoms. The summed E-state index contributed by atoms with van der Waals surface area (Å²) in [5, 5.41) is 7.56. The molecule has 3 aromatic rings. The Morgan fingerprint density at radius 2 is 1.81 bits per heavy atom. The molecular weight excluding hydrogens is 364 g/mol. The monoisotopic (exact) mass is 382 g/mol. The number of benzene rings is 2. The van der Waals surface area contributed by atoms with Crippen LogP contribution >= 0.6 is 11.3 Å². The van der Waals surface area contributed by atoms with Gasteiger partial charge in [-0.3, -0.25) is 9.59 Å². The number of methoxy groups -OCH3 is 1. The maximum absolute atomic E-state index is 12.0. The fourth-order valence-electron chi connectivity index (χ4n) is 2.29. The number of nitrogens with two attached hydrogens (primary N) is 1. The molecule has 1 aromatic heterocycles. The highest BCUT2D eigenvalue weighted by Crippen LogP contribution is 2.26. The minimum Gasteiger partial charge on any atom is -0.497 e. The SMILES string of the molecule is COc1ccc(-c2csc(NC(=O)CNC(=O)c3ccc(N)cc3)n2)cc1. The van der Waals surface area contributed by atoms with Crippen LogP contribution in [0.2, 0.25) is 0 Å². The lowest BCUT2D eigenvalue weighted by Gasteiger charge is -2.05. The predicted molar refractivity (Wildman–Crippen MR) is 106 cm³/mol. The molecule has 0 atom stereocenters. The number of rotatable bonds is 6. The molecule has 0 saturated heterocycles. The molecule has 2 aromatic carbocycles. The highest BCUT2D eigenvalue weighted by Gasteiger charge is 2.11. The summed E-state index contributed by atoms with van der Waals surface area (Å²) in [5.74, 6) is 0.0667. The number of nitrogens with one attached hydrogen (secondary N) is 2. The highest BCUT2D eigenvalue weighted by molar-refractivity contribution is 7.14. The van der Waals surface area contributed by atoms with Crippen LogP contribution in [-0.4, -0.2) is 30.5 Å². The molecule has 8 heteroatoms. The van der Waals surface area contributed by atoms with Gasteiger partial charge in [-0.1, -0.05) is 0 Å². The Morgan fingerprint density at radius 1 is 1.11 bits per heavy atom. The summed E-state index contributed by atoms with van der Waals surface area (Å²) in [4.78, 5) is 28.4. The zero-order chi connectivity index (χ0) is 19.2. The summed E-state index contributed by atoms with van der Waals surface area (Å²) in [7, 11) is 1.61. The molecular formula is C19H18N4O3S. The number of aromatic nitrogens is 1. The molecule has 1 heterocycles. The topological polar surface area (TPSA) is 106 Å². The minimum absolute atomic E-state index is 0.152. The van der Waals surface area contributed by atoms with E-state index < -0.39 is 0 Å². The third-order valence-electron chi connectivity index (χ3n) is 3.72. The number of nitrogens with zero attached hydrogens (tertiary/aromatic N) is 1. The van der Waals surface area contributed by atoms with E-state index in [1.165, 1.54) is 11.3 Å². The summed E-state index contributed by atoms with van der Waals surface area (Å²) in [6, 6.07) is 13.9. The Balaban J connectivity index is 1.54.